The maximum atomic E-state index is 6.46. The topological polar surface area (TPSA) is 9.23 Å². The molecule has 0 fully saturated rings. The molecule has 0 radical (unpaired) electrons. The van der Waals surface area contributed by atoms with Crippen molar-refractivity contribution in [2.75, 3.05) is 6.61 Å². The minimum Gasteiger partial charge on any atom is -0.408 e. The summed E-state index contributed by atoms with van der Waals surface area (Å²) in [6.07, 6.45) is 3.04. The van der Waals surface area contributed by atoms with Crippen LogP contribution in [0.1, 0.15) is 13.3 Å². The van der Waals surface area contributed by atoms with Crippen LogP contribution in [0, 0.1) is 0 Å². The van der Waals surface area contributed by atoms with E-state index in [4.69, 9.17) is 4.43 Å². The second kappa shape index (κ2) is 7.22. The maximum Gasteiger partial charge on any atom is 0.259 e. The first kappa shape index (κ1) is 14.8. The van der Waals surface area contributed by atoms with Crippen molar-refractivity contribution >= 4 is 18.7 Å². The molecule has 0 heterocycles. The summed E-state index contributed by atoms with van der Waals surface area (Å²) in [5.74, 6) is 0. The van der Waals surface area contributed by atoms with Crippen LogP contribution in [-0.4, -0.2) is 14.9 Å². The molecule has 2 heteroatoms. The molecule has 0 saturated heterocycles. The number of allylic oxidation sites excluding steroid dienone is 1. The van der Waals surface area contributed by atoms with E-state index in [0.29, 0.717) is 0 Å². The zero-order chi connectivity index (χ0) is 14.3. The molecule has 0 N–H and O–H groups in total. The Bertz CT molecular complexity index is 482. The number of hydrogen-bond donors (Lipinski definition) is 0. The molecule has 0 saturated carbocycles. The third kappa shape index (κ3) is 3.09. The fourth-order valence-corrected chi connectivity index (χ4v) is 6.20. The fraction of sp³-hybridized carbons (Fsp3) is 0.222. The highest BCUT2D eigenvalue weighted by molar-refractivity contribution is 6.97. The van der Waals surface area contributed by atoms with Gasteiger partial charge in [-0.2, -0.15) is 0 Å². The van der Waals surface area contributed by atoms with E-state index in [-0.39, 0.29) is 0 Å². The molecule has 104 valence electrons. The SMILES string of the molecule is C=CC[Si](OCCC)(c1ccccc1)c1ccccc1. The van der Waals surface area contributed by atoms with Crippen molar-refractivity contribution in [1.82, 2.24) is 0 Å². The van der Waals surface area contributed by atoms with Crippen LogP contribution in [-0.2, 0) is 4.43 Å². The third-order valence-corrected chi connectivity index (χ3v) is 7.56. The van der Waals surface area contributed by atoms with Gasteiger partial charge >= 0.3 is 0 Å². The van der Waals surface area contributed by atoms with Gasteiger partial charge in [0.05, 0.1) is 0 Å². The fourth-order valence-electron chi connectivity index (χ4n) is 2.52. The molecule has 0 aliphatic carbocycles. The molecule has 20 heavy (non-hydrogen) atoms. The summed E-state index contributed by atoms with van der Waals surface area (Å²) in [7, 11) is -2.19. The standard InChI is InChI=1S/C18H22OSi/c1-3-15-19-20(16-4-2,17-11-7-5-8-12-17)18-13-9-6-10-14-18/h4-14H,2-3,15-16H2,1H3. The zero-order valence-corrected chi connectivity index (χ0v) is 13.1. The smallest absolute Gasteiger partial charge is 0.259 e. The van der Waals surface area contributed by atoms with Crippen LogP contribution in [0.5, 0.6) is 0 Å². The summed E-state index contributed by atoms with van der Waals surface area (Å²) in [6.45, 7) is 6.91. The van der Waals surface area contributed by atoms with E-state index < -0.39 is 8.32 Å². The summed E-state index contributed by atoms with van der Waals surface area (Å²) < 4.78 is 6.46. The largest absolute Gasteiger partial charge is 0.408 e. The summed E-state index contributed by atoms with van der Waals surface area (Å²) in [4.78, 5) is 0. The van der Waals surface area contributed by atoms with Crippen LogP contribution < -0.4 is 10.4 Å². The minimum absolute atomic E-state index is 0.795. The Hall–Kier alpha value is -1.64. The second-order valence-corrected chi connectivity index (χ2v) is 8.41. The predicted molar refractivity (Wildman–Crippen MR) is 89.2 cm³/mol. The van der Waals surface area contributed by atoms with Crippen molar-refractivity contribution in [3.05, 3.63) is 73.3 Å². The number of benzene rings is 2. The predicted octanol–water partition coefficient (Wildman–Crippen LogP) is 3.36. The quantitative estimate of drug-likeness (QED) is 0.559. The first-order valence-corrected chi connectivity index (χ1v) is 9.31. The Labute approximate surface area is 123 Å². The molecule has 0 aliphatic heterocycles. The number of rotatable bonds is 7. The highest BCUT2D eigenvalue weighted by Gasteiger charge is 2.37. The molecule has 0 unspecified atom stereocenters. The molecule has 2 aromatic rings. The van der Waals surface area contributed by atoms with Crippen LogP contribution in [0.2, 0.25) is 6.04 Å². The van der Waals surface area contributed by atoms with E-state index >= 15 is 0 Å². The zero-order valence-electron chi connectivity index (χ0n) is 12.1. The van der Waals surface area contributed by atoms with Crippen LogP contribution in [0.15, 0.2) is 73.3 Å². The van der Waals surface area contributed by atoms with Crippen molar-refractivity contribution in [2.45, 2.75) is 19.4 Å². The monoisotopic (exact) mass is 282 g/mol. The summed E-state index contributed by atoms with van der Waals surface area (Å²) in [6, 6.07) is 22.2. The summed E-state index contributed by atoms with van der Waals surface area (Å²) in [5.41, 5.74) is 0. The molecule has 2 rings (SSSR count). The highest BCUT2D eigenvalue weighted by atomic mass is 28.4. The number of hydrogen-bond acceptors (Lipinski definition) is 1. The molecule has 0 aliphatic rings. The maximum absolute atomic E-state index is 6.46. The Morgan fingerprint density at radius 1 is 0.950 bits per heavy atom. The molecule has 2 aromatic carbocycles. The van der Waals surface area contributed by atoms with E-state index in [1.54, 1.807) is 0 Å². The van der Waals surface area contributed by atoms with E-state index in [2.05, 4.69) is 74.2 Å². The molecule has 0 bridgehead atoms. The highest BCUT2D eigenvalue weighted by Crippen LogP contribution is 2.14. The Kier molecular flexibility index (Phi) is 5.33. The van der Waals surface area contributed by atoms with Gasteiger partial charge in [0, 0.05) is 6.61 Å². The minimum atomic E-state index is -2.19. The first-order valence-electron chi connectivity index (χ1n) is 7.19. The first-order chi connectivity index (χ1) is 9.83. The normalized spacial score (nSPS) is 11.2. The van der Waals surface area contributed by atoms with Crippen LogP contribution in [0.25, 0.3) is 0 Å². The van der Waals surface area contributed by atoms with Gasteiger partial charge in [-0.1, -0.05) is 73.7 Å². The Morgan fingerprint density at radius 3 is 1.85 bits per heavy atom. The molecule has 0 atom stereocenters. The van der Waals surface area contributed by atoms with E-state index in [1.165, 1.54) is 10.4 Å². The van der Waals surface area contributed by atoms with Gasteiger partial charge < -0.3 is 4.43 Å². The Morgan fingerprint density at radius 2 is 1.45 bits per heavy atom. The summed E-state index contributed by atoms with van der Waals surface area (Å²) in [5, 5.41) is 2.64. The van der Waals surface area contributed by atoms with Crippen LogP contribution >= 0.6 is 0 Å². The molecular weight excluding hydrogens is 260 g/mol. The Balaban J connectivity index is 2.53. The van der Waals surface area contributed by atoms with Gasteiger partial charge in [-0.15, -0.1) is 6.58 Å². The van der Waals surface area contributed by atoms with Gasteiger partial charge in [0.25, 0.3) is 8.32 Å². The van der Waals surface area contributed by atoms with Gasteiger partial charge in [0.2, 0.25) is 0 Å². The third-order valence-electron chi connectivity index (χ3n) is 3.46. The van der Waals surface area contributed by atoms with Gasteiger partial charge in [-0.05, 0) is 22.8 Å². The van der Waals surface area contributed by atoms with Gasteiger partial charge in [-0.3, -0.25) is 0 Å². The van der Waals surface area contributed by atoms with Crippen molar-refractivity contribution < 1.29 is 4.43 Å². The van der Waals surface area contributed by atoms with Gasteiger partial charge in [0.1, 0.15) is 0 Å². The van der Waals surface area contributed by atoms with Crippen molar-refractivity contribution in [3.63, 3.8) is 0 Å². The molecule has 1 nitrogen and oxygen atoms in total. The lowest BCUT2D eigenvalue weighted by Gasteiger charge is -2.31. The average molecular weight is 282 g/mol. The van der Waals surface area contributed by atoms with Crippen LogP contribution in [0.4, 0.5) is 0 Å². The molecule has 0 amide bonds. The average Bonchev–Trinajstić information content (AvgIpc) is 2.53. The molecule has 0 aromatic heterocycles. The van der Waals surface area contributed by atoms with E-state index in [0.717, 1.165) is 19.1 Å². The lowest BCUT2D eigenvalue weighted by Crippen LogP contribution is -2.60. The van der Waals surface area contributed by atoms with Crippen LogP contribution in [0.3, 0.4) is 0 Å². The lowest BCUT2D eigenvalue weighted by atomic mass is 10.4. The van der Waals surface area contributed by atoms with Gasteiger partial charge in [0.15, 0.2) is 0 Å². The second-order valence-electron chi connectivity index (χ2n) is 4.90. The van der Waals surface area contributed by atoms with E-state index in [9.17, 15) is 0 Å². The van der Waals surface area contributed by atoms with Crippen molar-refractivity contribution in [3.8, 4) is 0 Å². The lowest BCUT2D eigenvalue weighted by molar-refractivity contribution is 0.317. The van der Waals surface area contributed by atoms with E-state index in [1.807, 2.05) is 6.08 Å². The summed E-state index contributed by atoms with van der Waals surface area (Å²) >= 11 is 0. The van der Waals surface area contributed by atoms with Gasteiger partial charge in [-0.25, -0.2) is 0 Å². The molecular formula is C18H22OSi. The molecule has 0 spiro atoms. The van der Waals surface area contributed by atoms with Crippen molar-refractivity contribution in [1.29, 1.82) is 0 Å². The van der Waals surface area contributed by atoms with Crippen molar-refractivity contribution in [2.24, 2.45) is 0 Å².